The highest BCUT2D eigenvalue weighted by molar-refractivity contribution is 7.66. The van der Waals surface area contributed by atoms with Gasteiger partial charge in [-0.3, -0.25) is 19.1 Å². The summed E-state index contributed by atoms with van der Waals surface area (Å²) in [6.45, 7) is 1.87. The Labute approximate surface area is 226 Å². The molecule has 1 aromatic heterocycles. The predicted octanol–water partition coefficient (Wildman–Crippen LogP) is -0.111. The van der Waals surface area contributed by atoms with Crippen molar-refractivity contribution in [1.82, 2.24) is 9.55 Å². The molecule has 1 aliphatic rings. The molecule has 6 atom stereocenters. The van der Waals surface area contributed by atoms with Crippen LogP contribution in [-0.4, -0.2) is 70.1 Å². The van der Waals surface area contributed by atoms with E-state index in [0.717, 1.165) is 0 Å². The summed E-state index contributed by atoms with van der Waals surface area (Å²) in [6, 6.07) is 0. The van der Waals surface area contributed by atoms with Gasteiger partial charge in [0, 0.05) is 17.7 Å². The molecule has 1 aliphatic heterocycles. The lowest BCUT2D eigenvalue weighted by Gasteiger charge is -2.48. The molecule has 1 saturated heterocycles. The van der Waals surface area contributed by atoms with Crippen LogP contribution >= 0.6 is 23.5 Å². The van der Waals surface area contributed by atoms with Crippen LogP contribution in [0, 0.1) is 5.92 Å². The number of halogens is 3. The summed E-state index contributed by atoms with van der Waals surface area (Å²) in [7, 11) is -17.2. The van der Waals surface area contributed by atoms with Crippen molar-refractivity contribution in [2.75, 3.05) is 6.61 Å². The maximum Gasteiger partial charge on any atom is 0.490 e. The maximum atomic E-state index is 13.1. The number of aromatic amines is 1. The van der Waals surface area contributed by atoms with Gasteiger partial charge in [-0.15, -0.1) is 0 Å². The highest BCUT2D eigenvalue weighted by atomic mass is 31.3. The van der Waals surface area contributed by atoms with Gasteiger partial charge >= 0.3 is 35.3 Å². The van der Waals surface area contributed by atoms with Gasteiger partial charge in [0.15, 0.2) is 6.10 Å². The van der Waals surface area contributed by atoms with E-state index < -0.39 is 95.7 Å². The molecule has 0 saturated carbocycles. The summed E-state index contributed by atoms with van der Waals surface area (Å²) >= 11 is 0. The molecule has 234 valence electrons. The van der Waals surface area contributed by atoms with Gasteiger partial charge < -0.3 is 34.5 Å². The number of rotatable bonds is 13. The third-order valence-corrected chi connectivity index (χ3v) is 8.97. The van der Waals surface area contributed by atoms with E-state index in [0.29, 0.717) is 11.8 Å². The van der Waals surface area contributed by atoms with Crippen molar-refractivity contribution in [1.29, 1.82) is 0 Å². The first-order valence-corrected chi connectivity index (χ1v) is 15.4. The summed E-state index contributed by atoms with van der Waals surface area (Å²) < 4.78 is 89.4. The first-order valence-electron chi connectivity index (χ1n) is 10.8. The van der Waals surface area contributed by atoms with Crippen LogP contribution in [0.4, 0.5) is 13.2 Å². The zero-order valence-corrected chi connectivity index (χ0v) is 23.4. The van der Waals surface area contributed by atoms with Crippen molar-refractivity contribution >= 4 is 29.3 Å². The molecule has 0 amide bonds. The second kappa shape index (κ2) is 12.4. The van der Waals surface area contributed by atoms with E-state index in [9.17, 15) is 56.4 Å². The van der Waals surface area contributed by atoms with E-state index in [1.54, 1.807) is 18.8 Å². The summed E-state index contributed by atoms with van der Waals surface area (Å²) in [5.74, 6) is -7.02. The number of aromatic nitrogens is 2. The third-order valence-electron chi connectivity index (χ3n) is 5.17. The molecular formula is C17H24F3N2O16P3. The minimum atomic E-state index is -5.86. The molecule has 24 heteroatoms. The molecule has 1 fully saturated rings. The summed E-state index contributed by atoms with van der Waals surface area (Å²) in [4.78, 5) is 73.7. The number of phosphoric acid groups is 3. The quantitative estimate of drug-likeness (QED) is 0.107. The zero-order chi connectivity index (χ0) is 31.8. The molecule has 1 aromatic rings. The number of nitrogens with one attached hydrogen (secondary N) is 1. The predicted molar refractivity (Wildman–Crippen MR) is 125 cm³/mol. The first kappa shape index (κ1) is 35.4. The first-order chi connectivity index (χ1) is 18.4. The van der Waals surface area contributed by atoms with Crippen molar-refractivity contribution < 1.29 is 79.3 Å². The van der Waals surface area contributed by atoms with Gasteiger partial charge in [-0.2, -0.15) is 21.8 Å². The van der Waals surface area contributed by atoms with Crippen molar-refractivity contribution in [2.24, 2.45) is 5.92 Å². The molecule has 0 spiro atoms. The lowest BCUT2D eigenvalue weighted by Crippen LogP contribution is -2.69. The number of Topliss-reactive ketones (excluding diaryl/α,β-unsaturated/α-hetero) is 1. The standard InChI is InChI=1S/C17H24F3N2O16P3/c1-8(2)3-4-9(12(23)16(18,19)20)5-10-6-22(15(26)21-14(10)25)17(27)13(24)11(36-17)7-35-40(31,32)38-41(33,34)37-39(28,29)30/h3,6,9,11,13,24,27H,4-5,7H2,1-2H3,(H,31,32)(H,33,34)(H,21,25,26)(H2,28,29,30)/t9?,11?,13-,17?/m0/s1. The van der Waals surface area contributed by atoms with Crippen LogP contribution in [-0.2, 0) is 48.7 Å². The Morgan fingerprint density at radius 1 is 1.17 bits per heavy atom. The van der Waals surface area contributed by atoms with E-state index in [1.165, 1.54) is 6.08 Å². The minimum absolute atomic E-state index is 0.158. The van der Waals surface area contributed by atoms with Crippen LogP contribution < -0.4 is 11.2 Å². The highest BCUT2D eigenvalue weighted by Gasteiger charge is 2.58. The molecule has 41 heavy (non-hydrogen) atoms. The van der Waals surface area contributed by atoms with Crippen LogP contribution in [0.1, 0.15) is 25.8 Å². The van der Waals surface area contributed by atoms with Gasteiger partial charge in [-0.05, 0) is 26.7 Å². The lowest BCUT2D eigenvalue weighted by molar-refractivity contribution is -0.435. The number of H-pyrrole nitrogens is 1. The number of alkyl halides is 3. The van der Waals surface area contributed by atoms with Gasteiger partial charge in [-0.1, -0.05) is 11.6 Å². The van der Waals surface area contributed by atoms with Crippen LogP contribution in [0.2, 0.25) is 0 Å². The monoisotopic (exact) mass is 662 g/mol. The normalized spacial score (nSPS) is 25.0. The lowest BCUT2D eigenvalue weighted by atomic mass is 9.92. The topological polar surface area (TPSA) is 281 Å². The number of carbonyl (C=O) groups is 1. The van der Waals surface area contributed by atoms with Crippen molar-refractivity contribution in [2.45, 2.75) is 51.0 Å². The second-order valence-corrected chi connectivity index (χ2v) is 13.1. The zero-order valence-electron chi connectivity index (χ0n) is 20.7. The Hall–Kier alpha value is -1.83. The average molecular weight is 662 g/mol. The van der Waals surface area contributed by atoms with Gasteiger partial charge in [-0.25, -0.2) is 23.1 Å². The van der Waals surface area contributed by atoms with Gasteiger partial charge in [0.25, 0.3) is 11.5 Å². The maximum absolute atomic E-state index is 13.1. The number of carbonyl (C=O) groups excluding carboxylic acids is 1. The molecule has 7 N–H and O–H groups in total. The summed E-state index contributed by atoms with van der Waals surface area (Å²) in [5, 5.41) is 20.9. The Kier molecular flexibility index (Phi) is 10.7. The van der Waals surface area contributed by atoms with E-state index in [4.69, 9.17) is 19.4 Å². The molecule has 0 radical (unpaired) electrons. The number of nitrogens with zero attached hydrogens (tertiary/aromatic N) is 1. The highest BCUT2D eigenvalue weighted by Crippen LogP contribution is 2.66. The van der Waals surface area contributed by atoms with Gasteiger partial charge in [0.1, 0.15) is 6.10 Å². The Morgan fingerprint density at radius 3 is 2.24 bits per heavy atom. The fraction of sp³-hybridized carbons (Fsp3) is 0.588. The molecule has 0 aliphatic carbocycles. The summed E-state index contributed by atoms with van der Waals surface area (Å²) in [5.41, 5.74) is -2.69. The SMILES string of the molecule is CC(C)=CCC(Cc1cn(C2(O)OC(COP(=O)(O)OP(=O)(O)OP(=O)(O)O)[C@@H]2O)c(=O)[nH]c1=O)C(=O)C(F)(F)F. The van der Waals surface area contributed by atoms with E-state index in [-0.39, 0.29) is 4.57 Å². The molecule has 2 heterocycles. The number of hydrogen-bond acceptors (Lipinski definition) is 12. The average Bonchev–Trinajstić information content (AvgIpc) is 2.76. The smallest absolute Gasteiger partial charge is 0.382 e. The largest absolute Gasteiger partial charge is 0.490 e. The Balaban J connectivity index is 2.23. The fourth-order valence-corrected chi connectivity index (χ4v) is 6.40. The molecule has 2 rings (SSSR count). The number of aliphatic hydroxyl groups is 2. The Bertz CT molecular complexity index is 1450. The van der Waals surface area contributed by atoms with E-state index in [2.05, 4.69) is 13.1 Å². The van der Waals surface area contributed by atoms with Gasteiger partial charge in [0.2, 0.25) is 5.78 Å². The van der Waals surface area contributed by atoms with Gasteiger partial charge in [0.05, 0.1) is 6.61 Å². The Morgan fingerprint density at radius 2 is 1.76 bits per heavy atom. The summed E-state index contributed by atoms with van der Waals surface area (Å²) in [6.07, 6.45) is -8.75. The minimum Gasteiger partial charge on any atom is -0.382 e. The van der Waals surface area contributed by atoms with Crippen LogP contribution in [0.15, 0.2) is 27.4 Å². The van der Waals surface area contributed by atoms with Crippen molar-refractivity contribution in [3.63, 3.8) is 0 Å². The molecule has 5 unspecified atom stereocenters. The van der Waals surface area contributed by atoms with Crippen LogP contribution in [0.5, 0.6) is 0 Å². The number of allylic oxidation sites excluding steroid dienone is 2. The van der Waals surface area contributed by atoms with E-state index in [1.807, 2.05) is 0 Å². The van der Waals surface area contributed by atoms with Crippen LogP contribution in [0.25, 0.3) is 0 Å². The number of phosphoric ester groups is 1. The van der Waals surface area contributed by atoms with Crippen molar-refractivity contribution in [3.05, 3.63) is 44.2 Å². The fourth-order valence-electron chi connectivity index (χ4n) is 3.37. The molecule has 18 nitrogen and oxygen atoms in total. The molecular weight excluding hydrogens is 638 g/mol. The number of hydrogen-bond donors (Lipinski definition) is 7. The molecule has 0 bridgehead atoms. The van der Waals surface area contributed by atoms with Crippen molar-refractivity contribution in [3.8, 4) is 0 Å². The van der Waals surface area contributed by atoms with Crippen LogP contribution in [0.3, 0.4) is 0 Å². The molecule has 0 aromatic carbocycles. The second-order valence-electron chi connectivity index (χ2n) is 8.71. The number of aliphatic hydroxyl groups excluding tert-OH is 1. The third kappa shape index (κ3) is 9.59. The number of ether oxygens (including phenoxy) is 1. The number of ketones is 1. The van der Waals surface area contributed by atoms with E-state index >= 15 is 0 Å².